The lowest BCUT2D eigenvalue weighted by atomic mass is 10.1. The molecule has 0 aromatic heterocycles. The summed E-state index contributed by atoms with van der Waals surface area (Å²) in [6.07, 6.45) is 0. The van der Waals surface area contributed by atoms with Crippen molar-refractivity contribution in [2.75, 3.05) is 33.9 Å². The quantitative estimate of drug-likeness (QED) is 0.430. The predicted octanol–water partition coefficient (Wildman–Crippen LogP) is 1.53. The van der Waals surface area contributed by atoms with Crippen molar-refractivity contribution in [1.29, 1.82) is 0 Å². The second-order valence-electron chi connectivity index (χ2n) is 4.30. The van der Waals surface area contributed by atoms with Crippen LogP contribution >= 0.6 is 0 Å². The van der Waals surface area contributed by atoms with E-state index in [1.807, 2.05) is 6.92 Å². The number of benzene rings is 1. The van der Waals surface area contributed by atoms with Gasteiger partial charge in [-0.1, -0.05) is 24.3 Å². The molecule has 0 heterocycles. The third-order valence-electron chi connectivity index (χ3n) is 2.78. The second-order valence-corrected chi connectivity index (χ2v) is 4.30. The van der Waals surface area contributed by atoms with Crippen LogP contribution in [0.3, 0.4) is 0 Å². The summed E-state index contributed by atoms with van der Waals surface area (Å²) >= 11 is 0. The lowest BCUT2D eigenvalue weighted by molar-refractivity contribution is 0.134. The van der Waals surface area contributed by atoms with E-state index in [0.29, 0.717) is 13.2 Å². The number of nitrogens with one attached hydrogen (secondary N) is 2. The minimum absolute atomic E-state index is 0.660. The molecule has 0 unspecified atom stereocenters. The molecule has 1 aromatic rings. The number of guanidine groups is 1. The third-order valence-corrected chi connectivity index (χ3v) is 2.78. The first-order valence-corrected chi connectivity index (χ1v) is 6.89. The first-order valence-electron chi connectivity index (χ1n) is 6.89. The van der Waals surface area contributed by atoms with Gasteiger partial charge in [-0.15, -0.1) is 0 Å². The average molecular weight is 279 g/mol. The molecular weight excluding hydrogens is 254 g/mol. The van der Waals surface area contributed by atoms with Crippen LogP contribution in [0.5, 0.6) is 0 Å². The van der Waals surface area contributed by atoms with Gasteiger partial charge in [-0.3, -0.25) is 4.99 Å². The first kappa shape index (κ1) is 16.5. The van der Waals surface area contributed by atoms with Crippen LogP contribution in [-0.4, -0.2) is 39.9 Å². The highest BCUT2D eigenvalue weighted by molar-refractivity contribution is 5.79. The van der Waals surface area contributed by atoms with E-state index in [2.05, 4.69) is 39.9 Å². The summed E-state index contributed by atoms with van der Waals surface area (Å²) in [6.45, 7) is 5.55. The van der Waals surface area contributed by atoms with Gasteiger partial charge < -0.3 is 20.1 Å². The normalized spacial score (nSPS) is 11.4. The van der Waals surface area contributed by atoms with Gasteiger partial charge in [0, 0.05) is 33.9 Å². The number of aliphatic imine (C=N–C) groups is 1. The first-order chi connectivity index (χ1) is 9.80. The molecule has 0 aliphatic carbocycles. The molecule has 0 aliphatic heterocycles. The number of rotatable bonds is 8. The van der Waals surface area contributed by atoms with E-state index in [0.717, 1.165) is 25.7 Å². The Morgan fingerprint density at radius 3 is 2.45 bits per heavy atom. The van der Waals surface area contributed by atoms with Crippen molar-refractivity contribution in [3.63, 3.8) is 0 Å². The van der Waals surface area contributed by atoms with Gasteiger partial charge in [0.2, 0.25) is 0 Å². The second kappa shape index (κ2) is 10.2. The maximum absolute atomic E-state index is 5.37. The molecule has 0 saturated heterocycles. The minimum atomic E-state index is 0.660. The Kier molecular flexibility index (Phi) is 8.42. The number of hydrogen-bond donors (Lipinski definition) is 2. The molecule has 0 amide bonds. The van der Waals surface area contributed by atoms with Gasteiger partial charge in [0.1, 0.15) is 0 Å². The molecule has 5 heteroatoms. The lowest BCUT2D eigenvalue weighted by Gasteiger charge is -2.11. The van der Waals surface area contributed by atoms with Crippen molar-refractivity contribution in [3.05, 3.63) is 35.4 Å². The Hall–Kier alpha value is -1.59. The fourth-order valence-corrected chi connectivity index (χ4v) is 1.65. The summed E-state index contributed by atoms with van der Waals surface area (Å²) < 4.78 is 10.4. The SMILES string of the molecule is CCOCc1ccc(CNC(=NC)NCCOC)cc1. The smallest absolute Gasteiger partial charge is 0.191 e. The lowest BCUT2D eigenvalue weighted by Crippen LogP contribution is -2.38. The van der Waals surface area contributed by atoms with Crippen LogP contribution in [0.15, 0.2) is 29.3 Å². The highest BCUT2D eigenvalue weighted by atomic mass is 16.5. The van der Waals surface area contributed by atoms with E-state index >= 15 is 0 Å². The van der Waals surface area contributed by atoms with Crippen LogP contribution in [0.4, 0.5) is 0 Å². The topological polar surface area (TPSA) is 54.9 Å². The number of nitrogens with zero attached hydrogens (tertiary/aromatic N) is 1. The fourth-order valence-electron chi connectivity index (χ4n) is 1.65. The maximum atomic E-state index is 5.37. The van der Waals surface area contributed by atoms with E-state index in [4.69, 9.17) is 9.47 Å². The average Bonchev–Trinajstić information content (AvgIpc) is 2.49. The molecular formula is C15H25N3O2. The number of methoxy groups -OCH3 is 1. The molecule has 20 heavy (non-hydrogen) atoms. The van der Waals surface area contributed by atoms with Crippen molar-refractivity contribution < 1.29 is 9.47 Å². The Labute approximate surface area is 121 Å². The molecule has 112 valence electrons. The van der Waals surface area contributed by atoms with Crippen LogP contribution in [0.1, 0.15) is 18.1 Å². The monoisotopic (exact) mass is 279 g/mol. The zero-order valence-electron chi connectivity index (χ0n) is 12.6. The fraction of sp³-hybridized carbons (Fsp3) is 0.533. The largest absolute Gasteiger partial charge is 0.383 e. The highest BCUT2D eigenvalue weighted by Crippen LogP contribution is 2.05. The van der Waals surface area contributed by atoms with Gasteiger partial charge in [-0.25, -0.2) is 0 Å². The van der Waals surface area contributed by atoms with Gasteiger partial charge >= 0.3 is 0 Å². The Bertz CT molecular complexity index is 391. The molecule has 5 nitrogen and oxygen atoms in total. The Morgan fingerprint density at radius 2 is 1.85 bits per heavy atom. The van der Waals surface area contributed by atoms with Crippen LogP contribution in [0, 0.1) is 0 Å². The van der Waals surface area contributed by atoms with E-state index in [1.54, 1.807) is 14.2 Å². The van der Waals surface area contributed by atoms with Crippen molar-refractivity contribution >= 4 is 5.96 Å². The summed E-state index contributed by atoms with van der Waals surface area (Å²) in [6, 6.07) is 8.38. The van der Waals surface area contributed by atoms with Crippen molar-refractivity contribution in [2.45, 2.75) is 20.1 Å². The zero-order chi connectivity index (χ0) is 14.6. The molecule has 2 N–H and O–H groups in total. The van der Waals surface area contributed by atoms with Gasteiger partial charge in [-0.05, 0) is 18.1 Å². The molecule has 0 saturated carbocycles. The van der Waals surface area contributed by atoms with Crippen LogP contribution in [-0.2, 0) is 22.6 Å². The van der Waals surface area contributed by atoms with E-state index in [-0.39, 0.29) is 0 Å². The molecule has 1 rings (SSSR count). The summed E-state index contributed by atoms with van der Waals surface area (Å²) in [5, 5.41) is 6.43. The van der Waals surface area contributed by atoms with Gasteiger partial charge in [0.05, 0.1) is 13.2 Å². The van der Waals surface area contributed by atoms with Gasteiger partial charge in [-0.2, -0.15) is 0 Å². The third kappa shape index (κ3) is 6.54. The van der Waals surface area contributed by atoms with Crippen LogP contribution in [0.2, 0.25) is 0 Å². The Balaban J connectivity index is 2.36. The zero-order valence-corrected chi connectivity index (χ0v) is 12.6. The highest BCUT2D eigenvalue weighted by Gasteiger charge is 1.98. The van der Waals surface area contributed by atoms with Gasteiger partial charge in [0.25, 0.3) is 0 Å². The minimum Gasteiger partial charge on any atom is -0.383 e. The number of ether oxygens (including phenoxy) is 2. The van der Waals surface area contributed by atoms with Crippen molar-refractivity contribution in [1.82, 2.24) is 10.6 Å². The van der Waals surface area contributed by atoms with Crippen LogP contribution in [0.25, 0.3) is 0 Å². The summed E-state index contributed by atoms with van der Waals surface area (Å²) in [5.41, 5.74) is 2.40. The van der Waals surface area contributed by atoms with E-state index < -0.39 is 0 Å². The predicted molar refractivity (Wildman–Crippen MR) is 81.8 cm³/mol. The standard InChI is InChI=1S/C15H25N3O2/c1-4-20-12-14-7-5-13(6-8-14)11-18-15(16-2)17-9-10-19-3/h5-8H,4,9-12H2,1-3H3,(H2,16,17,18). The molecule has 0 fully saturated rings. The van der Waals surface area contributed by atoms with Crippen LogP contribution < -0.4 is 10.6 Å². The number of hydrogen-bond acceptors (Lipinski definition) is 3. The molecule has 0 atom stereocenters. The van der Waals surface area contributed by atoms with E-state index in [9.17, 15) is 0 Å². The van der Waals surface area contributed by atoms with Crippen molar-refractivity contribution in [3.8, 4) is 0 Å². The summed E-state index contributed by atoms with van der Waals surface area (Å²) in [5.74, 6) is 0.778. The molecule has 0 radical (unpaired) electrons. The summed E-state index contributed by atoms with van der Waals surface area (Å²) in [4.78, 5) is 4.15. The maximum Gasteiger partial charge on any atom is 0.191 e. The molecule has 0 bridgehead atoms. The van der Waals surface area contributed by atoms with Crippen molar-refractivity contribution in [2.24, 2.45) is 4.99 Å². The Morgan fingerprint density at radius 1 is 1.15 bits per heavy atom. The van der Waals surface area contributed by atoms with Gasteiger partial charge in [0.15, 0.2) is 5.96 Å². The summed E-state index contributed by atoms with van der Waals surface area (Å²) in [7, 11) is 3.44. The molecule has 0 aliphatic rings. The van der Waals surface area contributed by atoms with E-state index in [1.165, 1.54) is 11.1 Å². The molecule has 1 aromatic carbocycles. The molecule has 0 spiro atoms.